The minimum absolute atomic E-state index is 0.0618. The van der Waals surface area contributed by atoms with E-state index >= 15 is 0 Å². The summed E-state index contributed by atoms with van der Waals surface area (Å²) in [4.78, 5) is 49.8. The van der Waals surface area contributed by atoms with Crippen LogP contribution in [0.4, 0.5) is 4.39 Å². The molecule has 1 fully saturated rings. The largest absolute Gasteiger partial charge is 0.501 e. The second-order valence-corrected chi connectivity index (χ2v) is 9.43. The third-order valence-corrected chi connectivity index (χ3v) is 7.39. The van der Waals surface area contributed by atoms with E-state index in [-0.39, 0.29) is 24.1 Å². The maximum Gasteiger partial charge on any atom is 0.296 e. The van der Waals surface area contributed by atoms with Crippen molar-refractivity contribution in [2.75, 3.05) is 7.05 Å². The van der Waals surface area contributed by atoms with Crippen LogP contribution in [0.25, 0.3) is 0 Å². The Bertz CT molecular complexity index is 1370. The highest BCUT2D eigenvalue weighted by atomic mass is 19.1. The topological polar surface area (TPSA) is 117 Å². The van der Waals surface area contributed by atoms with E-state index in [0.29, 0.717) is 36.3 Å². The number of hydrogen-bond acceptors (Lipinski definition) is 6. The van der Waals surface area contributed by atoms with Gasteiger partial charge in [-0.15, -0.1) is 0 Å². The van der Waals surface area contributed by atoms with Gasteiger partial charge in [0.1, 0.15) is 17.2 Å². The highest BCUT2D eigenvalue weighted by Gasteiger charge is 2.49. The van der Waals surface area contributed by atoms with Crippen LogP contribution in [0.3, 0.4) is 0 Å². The quantitative estimate of drug-likeness (QED) is 0.567. The van der Waals surface area contributed by atoms with Crippen LogP contribution < -0.4 is 10.9 Å². The number of nitrogens with zero attached hydrogens (tertiary/aromatic N) is 4. The molecule has 2 amide bonds. The number of fused-ring (bicyclic) bond motifs is 2. The van der Waals surface area contributed by atoms with Crippen molar-refractivity contribution in [1.82, 2.24) is 24.8 Å². The third-order valence-electron chi connectivity index (χ3n) is 7.39. The molecule has 1 aliphatic carbocycles. The van der Waals surface area contributed by atoms with Gasteiger partial charge in [-0.25, -0.2) is 9.37 Å². The number of pyridine rings is 1. The second-order valence-electron chi connectivity index (χ2n) is 9.43. The summed E-state index contributed by atoms with van der Waals surface area (Å²) >= 11 is 0. The van der Waals surface area contributed by atoms with E-state index in [1.165, 1.54) is 28.8 Å². The Kier molecular flexibility index (Phi) is 6.03. The summed E-state index contributed by atoms with van der Waals surface area (Å²) in [6.07, 6.45) is 5.81. The van der Waals surface area contributed by atoms with Crippen molar-refractivity contribution in [3.05, 3.63) is 87.6 Å². The molecule has 0 atom stereocenters. The number of halogens is 1. The van der Waals surface area contributed by atoms with Gasteiger partial charge in [0.25, 0.3) is 17.4 Å². The molecule has 2 bridgehead atoms. The van der Waals surface area contributed by atoms with Crippen molar-refractivity contribution >= 4 is 11.8 Å². The summed E-state index contributed by atoms with van der Waals surface area (Å²) in [5.74, 6) is -1.57. The third kappa shape index (κ3) is 4.02. The number of hydrogen-bond donors (Lipinski definition) is 2. The molecule has 0 radical (unpaired) electrons. The number of aromatic hydroxyl groups is 1. The van der Waals surface area contributed by atoms with Gasteiger partial charge in [0, 0.05) is 38.1 Å². The van der Waals surface area contributed by atoms with Gasteiger partial charge in [0.2, 0.25) is 5.75 Å². The maximum absolute atomic E-state index is 13.4. The van der Waals surface area contributed by atoms with Crippen LogP contribution in [0.2, 0.25) is 0 Å². The van der Waals surface area contributed by atoms with Crippen molar-refractivity contribution in [2.45, 2.75) is 44.3 Å². The van der Waals surface area contributed by atoms with Gasteiger partial charge < -0.3 is 15.3 Å². The Hall–Kier alpha value is -4.08. The standard InChI is InChI=1S/C26H26FN5O4/c1-31(23(35)18-8-12-28-13-9-18)26-10-6-17(7-11-26)15-32-24(36)21(33)20(30-25(26)32)22(34)29-14-16-2-4-19(27)5-3-16/h2-5,8-9,12-13,17,33H,6-7,10-11,14-15H2,1H3,(H,29,34). The molecule has 10 heteroatoms. The van der Waals surface area contributed by atoms with Crippen LogP contribution in [-0.2, 0) is 18.6 Å². The molecule has 3 aliphatic rings. The Morgan fingerprint density at radius 3 is 2.50 bits per heavy atom. The van der Waals surface area contributed by atoms with E-state index < -0.39 is 28.6 Å². The van der Waals surface area contributed by atoms with Crippen molar-refractivity contribution in [3.63, 3.8) is 0 Å². The average molecular weight is 492 g/mol. The maximum atomic E-state index is 13.4. The smallest absolute Gasteiger partial charge is 0.296 e. The van der Waals surface area contributed by atoms with Crippen LogP contribution in [0.1, 0.15) is 57.9 Å². The molecule has 1 aromatic carbocycles. The lowest BCUT2D eigenvalue weighted by atomic mass is 9.76. The van der Waals surface area contributed by atoms with Gasteiger partial charge in [0.05, 0.1) is 0 Å². The molecule has 2 aliphatic heterocycles. The van der Waals surface area contributed by atoms with Crippen LogP contribution in [-0.4, -0.2) is 43.4 Å². The fourth-order valence-electron chi connectivity index (χ4n) is 5.28. The second kappa shape index (κ2) is 9.18. The first-order valence-corrected chi connectivity index (χ1v) is 11.9. The van der Waals surface area contributed by atoms with Gasteiger partial charge in [-0.3, -0.25) is 23.9 Å². The number of amides is 2. The zero-order valence-corrected chi connectivity index (χ0v) is 19.8. The van der Waals surface area contributed by atoms with Gasteiger partial charge in [-0.05, 0) is 61.4 Å². The van der Waals surface area contributed by atoms with Crippen molar-refractivity contribution in [1.29, 1.82) is 0 Å². The van der Waals surface area contributed by atoms with Gasteiger partial charge in [-0.1, -0.05) is 12.1 Å². The first kappa shape index (κ1) is 23.7. The predicted octanol–water partition coefficient (Wildman–Crippen LogP) is 2.58. The summed E-state index contributed by atoms with van der Waals surface area (Å²) in [5.41, 5.74) is -0.893. The molecule has 2 aromatic heterocycles. The van der Waals surface area contributed by atoms with Crippen LogP contribution >= 0.6 is 0 Å². The highest BCUT2D eigenvalue weighted by Crippen LogP contribution is 2.46. The number of nitrogens with one attached hydrogen (secondary N) is 1. The summed E-state index contributed by atoms with van der Waals surface area (Å²) in [5, 5.41) is 13.3. The molecular formula is C26H26FN5O4. The Morgan fingerprint density at radius 2 is 1.83 bits per heavy atom. The molecule has 0 spiro atoms. The van der Waals surface area contributed by atoms with Crippen molar-refractivity contribution in [3.8, 4) is 5.75 Å². The minimum Gasteiger partial charge on any atom is -0.501 e. The first-order chi connectivity index (χ1) is 17.3. The van der Waals surface area contributed by atoms with E-state index in [4.69, 9.17) is 0 Å². The number of carbonyl (C=O) groups is 2. The molecule has 186 valence electrons. The monoisotopic (exact) mass is 491 g/mol. The fourth-order valence-corrected chi connectivity index (χ4v) is 5.28. The summed E-state index contributed by atoms with van der Waals surface area (Å²) in [7, 11) is 1.69. The zero-order chi connectivity index (χ0) is 25.4. The molecular weight excluding hydrogens is 465 g/mol. The number of benzene rings is 1. The normalized spacial score (nSPS) is 20.3. The lowest BCUT2D eigenvalue weighted by Gasteiger charge is -2.43. The molecule has 6 rings (SSSR count). The van der Waals surface area contributed by atoms with Crippen molar-refractivity contribution < 1.29 is 19.1 Å². The minimum atomic E-state index is -0.911. The van der Waals surface area contributed by atoms with Crippen molar-refractivity contribution in [2.24, 2.45) is 5.92 Å². The molecule has 36 heavy (non-hydrogen) atoms. The predicted molar refractivity (Wildman–Crippen MR) is 128 cm³/mol. The van der Waals surface area contributed by atoms with Crippen LogP contribution in [0.15, 0.2) is 53.6 Å². The lowest BCUT2D eigenvalue weighted by molar-refractivity contribution is 0.0372. The van der Waals surface area contributed by atoms with Gasteiger partial charge in [0.15, 0.2) is 5.69 Å². The summed E-state index contributed by atoms with van der Waals surface area (Å²) in [6.45, 7) is 0.428. The molecule has 0 saturated heterocycles. The highest BCUT2D eigenvalue weighted by molar-refractivity contribution is 5.95. The van der Waals surface area contributed by atoms with E-state index in [0.717, 1.165) is 12.8 Å². The Labute approximate surface area is 206 Å². The van der Waals surface area contributed by atoms with Crippen LogP contribution in [0, 0.1) is 11.7 Å². The summed E-state index contributed by atoms with van der Waals surface area (Å²) < 4.78 is 14.6. The van der Waals surface area contributed by atoms with E-state index in [9.17, 15) is 23.9 Å². The number of carbonyl (C=O) groups excluding carboxylic acids is 2. The molecule has 1 saturated carbocycles. The number of aromatic nitrogens is 3. The molecule has 0 unspecified atom stereocenters. The molecule has 4 heterocycles. The van der Waals surface area contributed by atoms with Crippen LogP contribution in [0.5, 0.6) is 5.75 Å². The zero-order valence-electron chi connectivity index (χ0n) is 19.8. The Balaban J connectivity index is 1.54. The molecule has 3 aromatic rings. The average Bonchev–Trinajstić information content (AvgIpc) is 3.17. The lowest BCUT2D eigenvalue weighted by Crippen LogP contribution is -2.50. The first-order valence-electron chi connectivity index (χ1n) is 11.9. The molecule has 9 nitrogen and oxygen atoms in total. The van der Waals surface area contributed by atoms with Gasteiger partial charge >= 0.3 is 0 Å². The fraction of sp³-hybridized carbons (Fsp3) is 0.346. The molecule has 2 N–H and O–H groups in total. The van der Waals surface area contributed by atoms with E-state index in [1.807, 2.05) is 0 Å². The summed E-state index contributed by atoms with van der Waals surface area (Å²) in [6, 6.07) is 8.88. The SMILES string of the molecule is CN(C(=O)c1ccncc1)C12CCC(CC1)Cn1c2nc(C(=O)NCc2ccc(F)cc2)c(O)c1=O. The Morgan fingerprint density at radius 1 is 1.17 bits per heavy atom. The van der Waals surface area contributed by atoms with E-state index in [1.54, 1.807) is 36.5 Å². The number of rotatable bonds is 5. The van der Waals surface area contributed by atoms with E-state index in [2.05, 4.69) is 15.3 Å². The van der Waals surface area contributed by atoms with Gasteiger partial charge in [-0.2, -0.15) is 0 Å².